The minimum atomic E-state index is -0.116. The Morgan fingerprint density at radius 3 is 1.70 bits per heavy atom. The van der Waals surface area contributed by atoms with E-state index in [9.17, 15) is 0 Å². The molecule has 0 bridgehead atoms. The van der Waals surface area contributed by atoms with Crippen LogP contribution in [0.3, 0.4) is 0 Å². The van der Waals surface area contributed by atoms with E-state index in [0.29, 0.717) is 11.8 Å². The number of anilines is 3. The number of para-hydroxylation sites is 3. The fraction of sp³-hybridized carbons (Fsp3) is 0.412. The highest BCUT2D eigenvalue weighted by atomic mass is 16.5. The van der Waals surface area contributed by atoms with Crippen LogP contribution in [0.1, 0.15) is 113 Å². The molecule has 2 fully saturated rings. The average molecular weight is 740 g/mol. The minimum absolute atomic E-state index is 0.0669. The van der Waals surface area contributed by atoms with Gasteiger partial charge in [0, 0.05) is 22.6 Å². The molecule has 4 nitrogen and oxygen atoms in total. The summed E-state index contributed by atoms with van der Waals surface area (Å²) < 4.78 is 21.8. The molecule has 56 heavy (non-hydrogen) atoms. The summed E-state index contributed by atoms with van der Waals surface area (Å²) in [6, 6.07) is 36.0. The first kappa shape index (κ1) is 34.6. The third-order valence-electron chi connectivity index (χ3n) is 14.6. The van der Waals surface area contributed by atoms with E-state index in [0.717, 1.165) is 54.4 Å². The highest BCUT2D eigenvalue weighted by Gasteiger charge is 2.44. The molecule has 4 heterocycles. The summed E-state index contributed by atoms with van der Waals surface area (Å²) in [5.74, 6) is 5.31. The van der Waals surface area contributed by atoms with E-state index in [1.54, 1.807) is 0 Å². The summed E-state index contributed by atoms with van der Waals surface area (Å²) in [6.45, 7) is 4.63. The van der Waals surface area contributed by atoms with E-state index in [-0.39, 0.29) is 24.3 Å². The van der Waals surface area contributed by atoms with Gasteiger partial charge in [-0.2, -0.15) is 0 Å². The Kier molecular flexibility index (Phi) is 8.52. The molecular weight excluding hydrogens is 685 g/mol. The van der Waals surface area contributed by atoms with Crippen molar-refractivity contribution in [2.45, 2.75) is 121 Å². The Balaban J connectivity index is 1.08. The molecule has 0 amide bonds. The lowest BCUT2D eigenvalue weighted by Crippen LogP contribution is -2.57. The van der Waals surface area contributed by atoms with Crippen LogP contribution in [0, 0.1) is 11.8 Å². The molecule has 6 aliphatic rings. The van der Waals surface area contributed by atoms with Crippen LogP contribution in [0.4, 0.5) is 17.1 Å². The molecular formula is C51H54BNO3. The van der Waals surface area contributed by atoms with Crippen molar-refractivity contribution in [3.8, 4) is 23.0 Å². The van der Waals surface area contributed by atoms with Crippen LogP contribution in [0.15, 0.2) is 97.1 Å². The van der Waals surface area contributed by atoms with Gasteiger partial charge in [0.25, 0.3) is 6.71 Å². The highest BCUT2D eigenvalue weighted by molar-refractivity contribution is 6.98. The molecule has 2 atom stereocenters. The van der Waals surface area contributed by atoms with Gasteiger partial charge in [0.05, 0.1) is 11.4 Å². The van der Waals surface area contributed by atoms with Crippen LogP contribution in [0.25, 0.3) is 0 Å². The number of nitrogens with zero attached hydrogens (tertiary/aromatic N) is 1. The number of ether oxygens (including phenoxy) is 3. The van der Waals surface area contributed by atoms with Crippen molar-refractivity contribution in [1.29, 1.82) is 0 Å². The van der Waals surface area contributed by atoms with E-state index in [1.807, 2.05) is 0 Å². The van der Waals surface area contributed by atoms with E-state index in [2.05, 4.69) is 116 Å². The topological polar surface area (TPSA) is 30.9 Å². The molecule has 2 unspecified atom stereocenters. The molecule has 5 aromatic rings. The van der Waals surface area contributed by atoms with E-state index >= 15 is 0 Å². The molecule has 0 aromatic heterocycles. The van der Waals surface area contributed by atoms with Crippen molar-refractivity contribution < 1.29 is 14.2 Å². The molecule has 5 aromatic carbocycles. The van der Waals surface area contributed by atoms with E-state index < -0.39 is 0 Å². The lowest BCUT2D eigenvalue weighted by atomic mass is 9.35. The minimum Gasteiger partial charge on any atom is -0.490 e. The summed E-state index contributed by atoms with van der Waals surface area (Å²) in [6.07, 6.45) is 18.1. The maximum Gasteiger partial charge on any atom is 0.260 e. The molecule has 0 spiro atoms. The standard InChI is InChI=1S/C51H54BNO3/c1-51(2)38-19-9-12-22-42(38)53(43-23-13-10-20-39(43)51)37-27-28-41-47(32-37)54-46-24-14-11-21-40(46)52(41)48-49-35(25-29-44(55-49)33-15-5-3-6-16-33)31-36-26-30-45(56-50(36)48)34-17-7-4-8-18-34/h9-14,19-24,27-28,31-34,44-45H,3-8,15-18,25-26,29-30H2,1-2H3. The van der Waals surface area contributed by atoms with Gasteiger partial charge in [-0.25, -0.2) is 0 Å². The van der Waals surface area contributed by atoms with Crippen LogP contribution in [-0.2, 0) is 18.3 Å². The first-order chi connectivity index (χ1) is 27.5. The zero-order chi connectivity index (χ0) is 37.4. The van der Waals surface area contributed by atoms with Crippen LogP contribution in [0.2, 0.25) is 0 Å². The number of benzene rings is 5. The number of fused-ring (bicyclic) bond motifs is 6. The summed E-state index contributed by atoms with van der Waals surface area (Å²) in [4.78, 5) is 2.44. The van der Waals surface area contributed by atoms with E-state index in [1.165, 1.54) is 114 Å². The molecule has 11 rings (SSSR count). The molecule has 0 saturated heterocycles. The molecule has 2 aliphatic carbocycles. The van der Waals surface area contributed by atoms with Crippen molar-refractivity contribution in [3.05, 3.63) is 119 Å². The quantitative estimate of drug-likeness (QED) is 0.169. The Hall–Kier alpha value is -4.64. The molecule has 4 aliphatic heterocycles. The second-order valence-corrected chi connectivity index (χ2v) is 18.2. The first-order valence-corrected chi connectivity index (χ1v) is 21.9. The summed E-state index contributed by atoms with van der Waals surface area (Å²) in [5.41, 5.74) is 12.5. The molecule has 0 N–H and O–H groups in total. The number of hydrogen-bond acceptors (Lipinski definition) is 4. The van der Waals surface area contributed by atoms with Gasteiger partial charge in [-0.3, -0.25) is 0 Å². The van der Waals surface area contributed by atoms with Crippen LogP contribution < -0.4 is 35.5 Å². The van der Waals surface area contributed by atoms with Gasteiger partial charge in [0.15, 0.2) is 0 Å². The van der Waals surface area contributed by atoms with Gasteiger partial charge in [0.2, 0.25) is 0 Å². The lowest BCUT2D eigenvalue weighted by molar-refractivity contribution is 0.0811. The van der Waals surface area contributed by atoms with Gasteiger partial charge < -0.3 is 19.1 Å². The van der Waals surface area contributed by atoms with Crippen molar-refractivity contribution in [3.63, 3.8) is 0 Å². The fourth-order valence-electron chi connectivity index (χ4n) is 11.7. The van der Waals surface area contributed by atoms with Gasteiger partial charge in [-0.15, -0.1) is 0 Å². The maximum atomic E-state index is 7.42. The summed E-state index contributed by atoms with van der Waals surface area (Å²) in [5, 5.41) is 0. The third kappa shape index (κ3) is 5.62. The predicted molar refractivity (Wildman–Crippen MR) is 229 cm³/mol. The Labute approximate surface area is 333 Å². The van der Waals surface area contributed by atoms with Crippen molar-refractivity contribution in [2.75, 3.05) is 4.90 Å². The van der Waals surface area contributed by atoms with Gasteiger partial charge in [0.1, 0.15) is 35.2 Å². The monoisotopic (exact) mass is 739 g/mol. The van der Waals surface area contributed by atoms with Gasteiger partial charge >= 0.3 is 0 Å². The van der Waals surface area contributed by atoms with E-state index in [4.69, 9.17) is 14.2 Å². The van der Waals surface area contributed by atoms with Crippen LogP contribution in [-0.4, -0.2) is 18.9 Å². The lowest BCUT2D eigenvalue weighted by Gasteiger charge is -2.42. The average Bonchev–Trinajstić information content (AvgIpc) is 3.25. The van der Waals surface area contributed by atoms with Gasteiger partial charge in [-0.05, 0) is 127 Å². The fourth-order valence-corrected chi connectivity index (χ4v) is 11.7. The Morgan fingerprint density at radius 1 is 0.554 bits per heavy atom. The van der Waals surface area contributed by atoms with Crippen LogP contribution >= 0.6 is 0 Å². The molecule has 0 radical (unpaired) electrons. The second-order valence-electron chi connectivity index (χ2n) is 18.2. The molecule has 2 saturated carbocycles. The zero-order valence-corrected chi connectivity index (χ0v) is 33.2. The van der Waals surface area contributed by atoms with Crippen molar-refractivity contribution in [1.82, 2.24) is 0 Å². The Morgan fingerprint density at radius 2 is 1.09 bits per heavy atom. The molecule has 284 valence electrons. The number of hydrogen-bond donors (Lipinski definition) is 0. The Bertz CT molecular complexity index is 2200. The largest absolute Gasteiger partial charge is 0.490 e. The summed E-state index contributed by atoms with van der Waals surface area (Å²) >= 11 is 0. The van der Waals surface area contributed by atoms with Crippen molar-refractivity contribution in [2.24, 2.45) is 11.8 Å². The first-order valence-electron chi connectivity index (χ1n) is 21.9. The second kappa shape index (κ2) is 13.8. The maximum absolute atomic E-state index is 7.42. The number of rotatable bonds is 4. The predicted octanol–water partition coefficient (Wildman–Crippen LogP) is 11.0. The van der Waals surface area contributed by atoms with Crippen molar-refractivity contribution >= 4 is 40.2 Å². The normalized spacial score (nSPS) is 22.5. The number of aryl methyl sites for hydroxylation is 2. The zero-order valence-electron chi connectivity index (χ0n) is 33.2. The third-order valence-corrected chi connectivity index (χ3v) is 14.6. The van der Waals surface area contributed by atoms with Crippen LogP contribution in [0.5, 0.6) is 23.0 Å². The summed E-state index contributed by atoms with van der Waals surface area (Å²) in [7, 11) is 0. The SMILES string of the molecule is CC1(C)c2ccccc2N(c2ccc3c(c2)Oc2ccccc2B3c2c3c(cc4c2OC(C2CCCCC2)CC4)CCC(C2CCCCC2)O3)c2ccccc21. The highest BCUT2D eigenvalue weighted by Crippen LogP contribution is 2.52. The van der Waals surface area contributed by atoms with Gasteiger partial charge in [-0.1, -0.05) is 113 Å². The smallest absolute Gasteiger partial charge is 0.260 e. The molecule has 5 heteroatoms.